The summed E-state index contributed by atoms with van der Waals surface area (Å²) in [6.45, 7) is 3.95. The molecule has 4 heterocycles. The maximum atomic E-state index is 12.9. The number of carbonyl (C=O) groups is 1. The number of unbranched alkanes of at least 4 members (excludes halogenated alkanes) is 2. The van der Waals surface area contributed by atoms with E-state index < -0.39 is 0 Å². The van der Waals surface area contributed by atoms with Crippen molar-refractivity contribution in [3.05, 3.63) is 58.0 Å². The summed E-state index contributed by atoms with van der Waals surface area (Å²) in [4.78, 5) is 24.7. The van der Waals surface area contributed by atoms with Crippen LogP contribution in [0.5, 0.6) is 0 Å². The molecule has 0 amide bonds. The zero-order chi connectivity index (χ0) is 24.2. The molecule has 0 radical (unpaired) electrons. The number of methoxy groups -OCH3 is 1. The third-order valence-electron chi connectivity index (χ3n) is 6.61. The number of Topliss-reactive ketones (excluding diaryl/α,β-unsaturated/α-hetero) is 1. The first-order valence-corrected chi connectivity index (χ1v) is 14.0. The number of nitrogens with zero attached hydrogens (tertiary/aromatic N) is 2. The molecule has 5 nitrogen and oxygen atoms in total. The first-order chi connectivity index (χ1) is 17.1. The van der Waals surface area contributed by atoms with Crippen molar-refractivity contribution in [2.75, 3.05) is 20.3 Å². The van der Waals surface area contributed by atoms with E-state index in [-0.39, 0.29) is 0 Å². The van der Waals surface area contributed by atoms with Gasteiger partial charge in [0.05, 0.1) is 10.2 Å². The molecule has 0 bridgehead atoms. The molecular weight excluding hydrogens is 474 g/mol. The zero-order valence-corrected chi connectivity index (χ0v) is 21.9. The van der Waals surface area contributed by atoms with Crippen LogP contribution in [0.25, 0.3) is 31.9 Å². The van der Waals surface area contributed by atoms with E-state index in [1.54, 1.807) is 29.8 Å². The molecule has 7 heteroatoms. The van der Waals surface area contributed by atoms with Gasteiger partial charge in [0.2, 0.25) is 0 Å². The largest absolute Gasteiger partial charge is 0.385 e. The lowest BCUT2D eigenvalue weighted by Crippen LogP contribution is -2.26. The second kappa shape index (κ2) is 11.1. The van der Waals surface area contributed by atoms with E-state index in [2.05, 4.69) is 35.4 Å². The normalized spacial score (nSPS) is 15.4. The quantitative estimate of drug-likeness (QED) is 0.246. The Bertz CT molecular complexity index is 1310. The van der Waals surface area contributed by atoms with Gasteiger partial charge in [0.1, 0.15) is 10.8 Å². The fraction of sp³-hybridized carbons (Fsp3) is 0.393. The number of nitrogens with one attached hydrogen (secondary N) is 1. The highest BCUT2D eigenvalue weighted by Crippen LogP contribution is 2.44. The summed E-state index contributed by atoms with van der Waals surface area (Å²) in [5.41, 5.74) is 5.90. The van der Waals surface area contributed by atoms with Crippen LogP contribution in [0.15, 0.2) is 42.7 Å². The minimum Gasteiger partial charge on any atom is -0.385 e. The number of ketones is 1. The van der Waals surface area contributed by atoms with Gasteiger partial charge in [0.15, 0.2) is 0 Å². The average Bonchev–Trinajstić information content (AvgIpc) is 3.45. The van der Waals surface area contributed by atoms with Crippen molar-refractivity contribution in [3.8, 4) is 21.7 Å². The molecule has 4 aromatic rings. The molecule has 3 aromatic heterocycles. The minimum absolute atomic E-state index is 0.313. The van der Waals surface area contributed by atoms with Crippen molar-refractivity contribution in [1.29, 1.82) is 0 Å². The average molecular weight is 506 g/mol. The molecule has 35 heavy (non-hydrogen) atoms. The number of rotatable bonds is 10. The number of thiazole rings is 1. The van der Waals surface area contributed by atoms with Crippen molar-refractivity contribution in [2.24, 2.45) is 0 Å². The van der Waals surface area contributed by atoms with Crippen LogP contribution in [-0.4, -0.2) is 36.0 Å². The SMILES string of the molecule is COCCCCCC(=O)Cc1sc2c(c1-c1nc3cc(-c4ccncc4)ccc3s1)CCN[C@@H]2C. The Morgan fingerprint density at radius 2 is 1.97 bits per heavy atom. The van der Waals surface area contributed by atoms with Crippen LogP contribution in [0.4, 0.5) is 0 Å². The van der Waals surface area contributed by atoms with Gasteiger partial charge in [-0.25, -0.2) is 4.98 Å². The fourth-order valence-electron chi connectivity index (χ4n) is 4.79. The number of thiophene rings is 1. The molecule has 0 spiro atoms. The summed E-state index contributed by atoms with van der Waals surface area (Å²) in [6, 6.07) is 10.9. The Morgan fingerprint density at radius 3 is 2.80 bits per heavy atom. The molecule has 0 aliphatic carbocycles. The number of benzene rings is 1. The Hall–Kier alpha value is -2.45. The number of ether oxygens (including phenoxy) is 1. The lowest BCUT2D eigenvalue weighted by atomic mass is 9.97. The van der Waals surface area contributed by atoms with E-state index in [0.29, 0.717) is 24.7 Å². The van der Waals surface area contributed by atoms with E-state index in [0.717, 1.165) is 60.5 Å². The second-order valence-corrected chi connectivity index (χ2v) is 11.3. The molecule has 1 aliphatic heterocycles. The van der Waals surface area contributed by atoms with Crippen molar-refractivity contribution < 1.29 is 9.53 Å². The van der Waals surface area contributed by atoms with Crippen LogP contribution >= 0.6 is 22.7 Å². The second-order valence-electron chi connectivity index (χ2n) is 9.13. The smallest absolute Gasteiger partial charge is 0.138 e. The molecule has 5 rings (SSSR count). The van der Waals surface area contributed by atoms with Crippen LogP contribution in [0.1, 0.15) is 54.0 Å². The van der Waals surface area contributed by atoms with E-state index in [9.17, 15) is 4.79 Å². The van der Waals surface area contributed by atoms with Crippen molar-refractivity contribution in [3.63, 3.8) is 0 Å². The third kappa shape index (κ3) is 5.38. The van der Waals surface area contributed by atoms with Gasteiger partial charge in [-0.2, -0.15) is 0 Å². The Morgan fingerprint density at radius 1 is 1.11 bits per heavy atom. The first kappa shape index (κ1) is 24.3. The highest BCUT2D eigenvalue weighted by atomic mass is 32.1. The third-order valence-corrected chi connectivity index (χ3v) is 9.08. The molecular formula is C28H31N3O2S2. The van der Waals surface area contributed by atoms with Crippen LogP contribution < -0.4 is 5.32 Å². The summed E-state index contributed by atoms with van der Waals surface area (Å²) in [6.07, 6.45) is 8.73. The summed E-state index contributed by atoms with van der Waals surface area (Å²) >= 11 is 3.55. The highest BCUT2D eigenvalue weighted by molar-refractivity contribution is 7.22. The van der Waals surface area contributed by atoms with E-state index in [1.807, 2.05) is 24.5 Å². The number of carbonyl (C=O) groups excluding carboxylic acids is 1. The predicted molar refractivity (Wildman–Crippen MR) is 145 cm³/mol. The molecule has 0 fully saturated rings. The standard InChI is InChI=1S/C28H31N3O2S2/c1-18-27-22(11-14-30-18)26(25(34-27)17-21(32)6-4-3-5-15-33-2)28-31-23-16-20(7-8-24(23)35-28)19-9-12-29-13-10-19/h7-10,12-13,16,18,30H,3-6,11,14-15,17H2,1-2H3/t18-/m1/s1. The number of pyridine rings is 1. The minimum atomic E-state index is 0.313. The van der Waals surface area contributed by atoms with Gasteiger partial charge in [0, 0.05) is 60.3 Å². The maximum absolute atomic E-state index is 12.9. The van der Waals surface area contributed by atoms with Gasteiger partial charge in [-0.15, -0.1) is 22.7 Å². The summed E-state index contributed by atoms with van der Waals surface area (Å²) < 4.78 is 6.30. The van der Waals surface area contributed by atoms with Gasteiger partial charge in [-0.3, -0.25) is 9.78 Å². The first-order valence-electron chi connectivity index (χ1n) is 12.3. The van der Waals surface area contributed by atoms with Crippen LogP contribution in [0.3, 0.4) is 0 Å². The molecule has 182 valence electrons. The Labute approximate surface area is 214 Å². The molecule has 1 aromatic carbocycles. The lowest BCUT2D eigenvalue weighted by molar-refractivity contribution is -0.118. The van der Waals surface area contributed by atoms with Crippen LogP contribution in [0.2, 0.25) is 0 Å². The number of hydrogen-bond acceptors (Lipinski definition) is 7. The van der Waals surface area contributed by atoms with Crippen molar-refractivity contribution in [2.45, 2.75) is 51.5 Å². The van der Waals surface area contributed by atoms with E-state index >= 15 is 0 Å². The fourth-order valence-corrected chi connectivity index (χ4v) is 7.30. The Balaban J connectivity index is 1.45. The zero-order valence-electron chi connectivity index (χ0n) is 20.3. The number of fused-ring (bicyclic) bond motifs is 2. The highest BCUT2D eigenvalue weighted by Gasteiger charge is 2.28. The summed E-state index contributed by atoms with van der Waals surface area (Å²) in [5.74, 6) is 0.323. The van der Waals surface area contributed by atoms with Crippen LogP contribution in [-0.2, 0) is 22.4 Å². The summed E-state index contributed by atoms with van der Waals surface area (Å²) in [7, 11) is 1.73. The van der Waals surface area contributed by atoms with Crippen molar-refractivity contribution in [1.82, 2.24) is 15.3 Å². The predicted octanol–water partition coefficient (Wildman–Crippen LogP) is 6.61. The molecule has 0 saturated carbocycles. The number of aromatic nitrogens is 2. The van der Waals surface area contributed by atoms with Gasteiger partial charge >= 0.3 is 0 Å². The molecule has 0 saturated heterocycles. The van der Waals surface area contributed by atoms with Gasteiger partial charge < -0.3 is 10.1 Å². The van der Waals surface area contributed by atoms with Gasteiger partial charge in [-0.05, 0) is 73.7 Å². The Kier molecular flexibility index (Phi) is 7.68. The monoisotopic (exact) mass is 505 g/mol. The lowest BCUT2D eigenvalue weighted by Gasteiger charge is -2.20. The van der Waals surface area contributed by atoms with Crippen LogP contribution in [0, 0.1) is 0 Å². The van der Waals surface area contributed by atoms with Crippen molar-refractivity contribution >= 4 is 38.7 Å². The molecule has 1 N–H and O–H groups in total. The summed E-state index contributed by atoms with van der Waals surface area (Å²) in [5, 5.41) is 4.62. The van der Waals surface area contributed by atoms with E-state index in [1.165, 1.54) is 25.6 Å². The maximum Gasteiger partial charge on any atom is 0.138 e. The molecule has 0 unspecified atom stereocenters. The number of hydrogen-bond donors (Lipinski definition) is 1. The molecule has 1 aliphatic rings. The van der Waals surface area contributed by atoms with Gasteiger partial charge in [-0.1, -0.05) is 12.5 Å². The van der Waals surface area contributed by atoms with Gasteiger partial charge in [0.25, 0.3) is 0 Å². The van der Waals surface area contributed by atoms with E-state index in [4.69, 9.17) is 9.72 Å². The molecule has 1 atom stereocenters. The topological polar surface area (TPSA) is 64.1 Å².